The van der Waals surface area contributed by atoms with Crippen LogP contribution >= 0.6 is 0 Å². The standard InChI is InChI=1S/C23H38BN3O5/c1-21(2,3)30-20(28)27-13-9-8-11-18(27)12-10-14-29-19-25-15-17(16-26-19)24-31-22(4,5)23(6,7)32-24/h15-16,18H,8-14H2,1-7H3/t18-/m1/s1. The molecule has 178 valence electrons. The lowest BCUT2D eigenvalue weighted by atomic mass is 9.81. The maximum absolute atomic E-state index is 12.5. The molecule has 0 unspecified atom stereocenters. The van der Waals surface area contributed by atoms with Crippen molar-refractivity contribution in [3.05, 3.63) is 12.4 Å². The first kappa shape index (κ1) is 24.8. The minimum Gasteiger partial charge on any atom is -0.463 e. The SMILES string of the molecule is CC(C)(C)OC(=O)N1CCCC[C@@H]1CCCOc1ncc(B2OC(C)(C)C(C)(C)O2)cn1. The number of piperidine rings is 1. The van der Waals surface area contributed by atoms with Crippen LogP contribution < -0.4 is 10.2 Å². The zero-order valence-electron chi connectivity index (χ0n) is 20.6. The Morgan fingerprint density at radius 2 is 1.78 bits per heavy atom. The lowest BCUT2D eigenvalue weighted by Crippen LogP contribution is -2.46. The van der Waals surface area contributed by atoms with Crippen LogP contribution in [0.2, 0.25) is 0 Å². The number of carbonyl (C=O) groups excluding carboxylic acids is 1. The average Bonchev–Trinajstić information content (AvgIpc) is 2.92. The van der Waals surface area contributed by atoms with Gasteiger partial charge in [0.05, 0.1) is 17.8 Å². The lowest BCUT2D eigenvalue weighted by Gasteiger charge is -2.36. The summed E-state index contributed by atoms with van der Waals surface area (Å²) in [6, 6.07) is 0.520. The first-order chi connectivity index (χ1) is 14.9. The van der Waals surface area contributed by atoms with E-state index in [0.717, 1.165) is 44.1 Å². The van der Waals surface area contributed by atoms with Crippen LogP contribution in [0.1, 0.15) is 80.6 Å². The van der Waals surface area contributed by atoms with Crippen molar-refractivity contribution < 1.29 is 23.6 Å². The zero-order valence-corrected chi connectivity index (χ0v) is 20.6. The van der Waals surface area contributed by atoms with Gasteiger partial charge in [-0.25, -0.2) is 14.8 Å². The number of rotatable bonds is 6. The largest absolute Gasteiger partial charge is 0.498 e. The van der Waals surface area contributed by atoms with Gasteiger partial charge in [0, 0.05) is 30.4 Å². The van der Waals surface area contributed by atoms with E-state index in [2.05, 4.69) is 9.97 Å². The van der Waals surface area contributed by atoms with Crippen LogP contribution in [0.5, 0.6) is 6.01 Å². The second-order valence-electron chi connectivity index (χ2n) is 10.7. The zero-order chi connectivity index (χ0) is 23.6. The maximum Gasteiger partial charge on any atom is 0.498 e. The van der Waals surface area contributed by atoms with Gasteiger partial charge in [-0.05, 0) is 80.6 Å². The van der Waals surface area contributed by atoms with Gasteiger partial charge in [-0.1, -0.05) is 0 Å². The van der Waals surface area contributed by atoms with Crippen molar-refractivity contribution in [2.45, 2.75) is 103 Å². The summed E-state index contributed by atoms with van der Waals surface area (Å²) >= 11 is 0. The Kier molecular flexibility index (Phi) is 7.39. The van der Waals surface area contributed by atoms with Crippen molar-refractivity contribution >= 4 is 18.7 Å². The molecule has 2 saturated heterocycles. The molecule has 1 aromatic heterocycles. The Bertz CT molecular complexity index is 763. The van der Waals surface area contributed by atoms with Gasteiger partial charge in [-0.3, -0.25) is 0 Å². The van der Waals surface area contributed by atoms with E-state index in [4.69, 9.17) is 18.8 Å². The predicted octanol–water partition coefficient (Wildman–Crippen LogP) is 3.72. The van der Waals surface area contributed by atoms with Gasteiger partial charge in [0.1, 0.15) is 5.60 Å². The van der Waals surface area contributed by atoms with Crippen LogP contribution in [0.3, 0.4) is 0 Å². The Balaban J connectivity index is 1.46. The molecule has 8 nitrogen and oxygen atoms in total. The number of ether oxygens (including phenoxy) is 2. The van der Waals surface area contributed by atoms with Gasteiger partial charge in [-0.2, -0.15) is 0 Å². The second kappa shape index (κ2) is 9.55. The molecule has 2 aliphatic heterocycles. The topological polar surface area (TPSA) is 83.0 Å². The van der Waals surface area contributed by atoms with Crippen molar-refractivity contribution in [3.63, 3.8) is 0 Å². The summed E-state index contributed by atoms with van der Waals surface area (Å²) in [5.41, 5.74) is -0.518. The monoisotopic (exact) mass is 447 g/mol. The van der Waals surface area contributed by atoms with Gasteiger partial charge < -0.3 is 23.7 Å². The van der Waals surface area contributed by atoms with E-state index >= 15 is 0 Å². The minimum atomic E-state index is -0.487. The summed E-state index contributed by atoms with van der Waals surface area (Å²) in [4.78, 5) is 23.0. The van der Waals surface area contributed by atoms with Crippen LogP contribution in [0.25, 0.3) is 0 Å². The molecule has 32 heavy (non-hydrogen) atoms. The van der Waals surface area contributed by atoms with E-state index in [-0.39, 0.29) is 12.1 Å². The Morgan fingerprint density at radius 1 is 1.16 bits per heavy atom. The first-order valence-corrected chi connectivity index (χ1v) is 11.7. The summed E-state index contributed by atoms with van der Waals surface area (Å²) < 4.78 is 23.4. The second-order valence-corrected chi connectivity index (χ2v) is 10.7. The summed E-state index contributed by atoms with van der Waals surface area (Å²) in [5.74, 6) is 0. The van der Waals surface area contributed by atoms with E-state index in [0.29, 0.717) is 12.6 Å². The highest BCUT2D eigenvalue weighted by molar-refractivity contribution is 6.61. The molecule has 1 amide bonds. The molecule has 0 spiro atoms. The molecular formula is C23H38BN3O5. The summed E-state index contributed by atoms with van der Waals surface area (Å²) in [6.45, 7) is 15.0. The molecule has 0 saturated carbocycles. The third-order valence-electron chi connectivity index (χ3n) is 6.34. The van der Waals surface area contributed by atoms with Gasteiger partial charge >= 0.3 is 19.2 Å². The van der Waals surface area contributed by atoms with Gasteiger partial charge in [0.15, 0.2) is 0 Å². The third-order valence-corrected chi connectivity index (χ3v) is 6.34. The quantitative estimate of drug-likeness (QED) is 0.486. The smallest absolute Gasteiger partial charge is 0.463 e. The van der Waals surface area contributed by atoms with Gasteiger partial charge in [-0.15, -0.1) is 0 Å². The highest BCUT2D eigenvalue weighted by Gasteiger charge is 2.52. The maximum atomic E-state index is 12.5. The molecule has 0 bridgehead atoms. The number of amides is 1. The van der Waals surface area contributed by atoms with Gasteiger partial charge in [0.25, 0.3) is 0 Å². The molecule has 0 aromatic carbocycles. The summed E-state index contributed by atoms with van der Waals surface area (Å²) in [7, 11) is -0.487. The van der Waals surface area contributed by atoms with E-state index in [1.165, 1.54) is 0 Å². The molecule has 0 aliphatic carbocycles. The molecule has 2 fully saturated rings. The molecule has 1 aromatic rings. The van der Waals surface area contributed by atoms with Crippen LogP contribution in [0.15, 0.2) is 12.4 Å². The number of hydrogen-bond acceptors (Lipinski definition) is 7. The minimum absolute atomic E-state index is 0.189. The summed E-state index contributed by atoms with van der Waals surface area (Å²) in [6.07, 6.45) is 8.00. The molecule has 1 atom stereocenters. The number of aromatic nitrogens is 2. The fourth-order valence-corrected chi connectivity index (χ4v) is 3.85. The normalized spacial score (nSPS) is 22.7. The van der Waals surface area contributed by atoms with Crippen molar-refractivity contribution in [1.82, 2.24) is 14.9 Å². The molecule has 0 radical (unpaired) electrons. The fourth-order valence-electron chi connectivity index (χ4n) is 3.85. The third kappa shape index (κ3) is 6.13. The van der Waals surface area contributed by atoms with Crippen molar-refractivity contribution in [2.75, 3.05) is 13.2 Å². The van der Waals surface area contributed by atoms with Crippen molar-refractivity contribution in [3.8, 4) is 6.01 Å². The number of hydrogen-bond donors (Lipinski definition) is 0. The van der Waals surface area contributed by atoms with Crippen LogP contribution in [-0.4, -0.2) is 64.1 Å². The molecular weight excluding hydrogens is 409 g/mol. The Hall–Kier alpha value is -1.87. The fraction of sp³-hybridized carbons (Fsp3) is 0.783. The van der Waals surface area contributed by atoms with Crippen LogP contribution in [0, 0.1) is 0 Å². The molecule has 2 aliphatic rings. The number of nitrogens with zero attached hydrogens (tertiary/aromatic N) is 3. The van der Waals surface area contributed by atoms with Crippen LogP contribution in [0.4, 0.5) is 4.79 Å². The summed E-state index contributed by atoms with van der Waals surface area (Å²) in [5, 5.41) is 0. The number of carbonyl (C=O) groups is 1. The predicted molar refractivity (Wildman–Crippen MR) is 123 cm³/mol. The highest BCUT2D eigenvalue weighted by atomic mass is 16.7. The highest BCUT2D eigenvalue weighted by Crippen LogP contribution is 2.36. The van der Waals surface area contributed by atoms with E-state index in [1.54, 1.807) is 12.4 Å². The molecule has 0 N–H and O–H groups in total. The van der Waals surface area contributed by atoms with Crippen molar-refractivity contribution in [2.24, 2.45) is 0 Å². The van der Waals surface area contributed by atoms with Gasteiger partial charge in [0.2, 0.25) is 0 Å². The molecule has 3 rings (SSSR count). The van der Waals surface area contributed by atoms with Crippen molar-refractivity contribution in [1.29, 1.82) is 0 Å². The average molecular weight is 447 g/mol. The van der Waals surface area contributed by atoms with E-state index < -0.39 is 23.9 Å². The number of likely N-dealkylation sites (tertiary alicyclic amines) is 1. The van der Waals surface area contributed by atoms with Crippen LogP contribution in [-0.2, 0) is 14.0 Å². The first-order valence-electron chi connectivity index (χ1n) is 11.7. The van der Waals surface area contributed by atoms with E-state index in [9.17, 15) is 4.79 Å². The van der Waals surface area contributed by atoms with E-state index in [1.807, 2.05) is 53.4 Å². The molecule has 9 heteroatoms. The lowest BCUT2D eigenvalue weighted by molar-refractivity contribution is 0.00578. The molecule has 3 heterocycles. The Labute approximate surface area is 192 Å². The Morgan fingerprint density at radius 3 is 2.38 bits per heavy atom.